The average Bonchev–Trinajstić information content (AvgIpc) is 2.49. The van der Waals surface area contributed by atoms with E-state index in [1.807, 2.05) is 31.2 Å². The Morgan fingerprint density at radius 1 is 1.40 bits per heavy atom. The Morgan fingerprint density at radius 2 is 2.10 bits per heavy atom. The first kappa shape index (κ1) is 15.8. The van der Waals surface area contributed by atoms with E-state index in [0.717, 1.165) is 17.5 Å². The van der Waals surface area contributed by atoms with Gasteiger partial charge in [-0.05, 0) is 24.0 Å². The van der Waals surface area contributed by atoms with Gasteiger partial charge in [0.1, 0.15) is 6.61 Å². The van der Waals surface area contributed by atoms with Crippen LogP contribution in [-0.4, -0.2) is 16.9 Å². The van der Waals surface area contributed by atoms with Gasteiger partial charge in [-0.1, -0.05) is 36.3 Å². The molecule has 4 nitrogen and oxygen atoms in total. The molecule has 1 rings (SSSR count). The number of carbonyl (C=O) groups is 1. The van der Waals surface area contributed by atoms with E-state index in [-0.39, 0.29) is 12.3 Å². The number of terminal acetylenes is 1. The smallest absolute Gasteiger partial charge is 0.356 e. The summed E-state index contributed by atoms with van der Waals surface area (Å²) in [6.45, 7) is 2.22. The molecule has 0 aliphatic carbocycles. The Labute approximate surface area is 119 Å². The molecule has 1 N–H and O–H groups in total. The number of rotatable bonds is 7. The predicted molar refractivity (Wildman–Crippen MR) is 77.5 cm³/mol. The van der Waals surface area contributed by atoms with E-state index in [4.69, 9.17) is 16.4 Å². The van der Waals surface area contributed by atoms with Crippen molar-refractivity contribution in [1.82, 2.24) is 0 Å². The highest BCUT2D eigenvalue weighted by molar-refractivity contribution is 6.36. The van der Waals surface area contributed by atoms with Gasteiger partial charge in [-0.3, -0.25) is 0 Å². The van der Waals surface area contributed by atoms with Crippen LogP contribution in [0.4, 0.5) is 0 Å². The van der Waals surface area contributed by atoms with E-state index >= 15 is 0 Å². The number of carbonyl (C=O) groups excluding carboxylic acids is 1. The Morgan fingerprint density at radius 3 is 2.70 bits per heavy atom. The normalized spacial score (nSPS) is 10.9. The van der Waals surface area contributed by atoms with Crippen LogP contribution in [0.3, 0.4) is 0 Å². The van der Waals surface area contributed by atoms with E-state index in [9.17, 15) is 4.79 Å². The Balaban J connectivity index is 2.55. The third kappa shape index (κ3) is 4.77. The largest absolute Gasteiger partial charge is 0.456 e. The van der Waals surface area contributed by atoms with E-state index in [1.165, 1.54) is 0 Å². The number of unbranched alkanes of at least 4 members (excludes halogenated alkanes) is 1. The van der Waals surface area contributed by atoms with Crippen molar-refractivity contribution < 1.29 is 14.7 Å². The second kappa shape index (κ2) is 8.76. The second-order valence-electron chi connectivity index (χ2n) is 4.30. The van der Waals surface area contributed by atoms with Crippen molar-refractivity contribution in [3.05, 3.63) is 35.4 Å². The van der Waals surface area contributed by atoms with Crippen LogP contribution in [0.25, 0.3) is 0 Å². The van der Waals surface area contributed by atoms with Crippen molar-refractivity contribution in [2.75, 3.05) is 0 Å². The first-order valence-corrected chi connectivity index (χ1v) is 6.61. The molecule has 0 aromatic heterocycles. The molecule has 0 radical (unpaired) electrons. The maximum absolute atomic E-state index is 11.8. The van der Waals surface area contributed by atoms with Gasteiger partial charge in [-0.15, -0.1) is 12.3 Å². The van der Waals surface area contributed by atoms with Crippen molar-refractivity contribution in [3.8, 4) is 12.3 Å². The molecule has 0 saturated carbocycles. The summed E-state index contributed by atoms with van der Waals surface area (Å²) in [5.74, 6) is 1.87. The van der Waals surface area contributed by atoms with Crippen LogP contribution in [0, 0.1) is 12.3 Å². The lowest BCUT2D eigenvalue weighted by molar-refractivity contribution is -0.137. The van der Waals surface area contributed by atoms with E-state index < -0.39 is 5.97 Å². The minimum Gasteiger partial charge on any atom is -0.456 e. The fourth-order valence-electron chi connectivity index (χ4n) is 1.82. The number of hydrogen-bond donors (Lipinski definition) is 1. The zero-order chi connectivity index (χ0) is 14.8. The highest BCUT2D eigenvalue weighted by Crippen LogP contribution is 2.11. The highest BCUT2D eigenvalue weighted by atomic mass is 16.5. The summed E-state index contributed by atoms with van der Waals surface area (Å²) in [6, 6.07) is 7.76. The van der Waals surface area contributed by atoms with Crippen molar-refractivity contribution >= 4 is 11.7 Å². The lowest BCUT2D eigenvalue weighted by Crippen LogP contribution is -2.18. The molecule has 0 bridgehead atoms. The summed E-state index contributed by atoms with van der Waals surface area (Å²) in [7, 11) is 0. The number of hydrogen-bond acceptors (Lipinski definition) is 4. The Kier molecular flexibility index (Phi) is 6.91. The van der Waals surface area contributed by atoms with Crippen molar-refractivity contribution in [1.29, 1.82) is 0 Å². The van der Waals surface area contributed by atoms with Crippen LogP contribution in [-0.2, 0) is 22.6 Å². The molecule has 0 aliphatic rings. The van der Waals surface area contributed by atoms with Crippen molar-refractivity contribution in [2.45, 2.75) is 39.2 Å². The summed E-state index contributed by atoms with van der Waals surface area (Å²) in [6.07, 6.45) is 7.44. The van der Waals surface area contributed by atoms with Gasteiger partial charge < -0.3 is 9.94 Å². The van der Waals surface area contributed by atoms with Gasteiger partial charge in [0, 0.05) is 12.8 Å². The minimum atomic E-state index is -0.601. The van der Waals surface area contributed by atoms with Crippen LogP contribution in [0.1, 0.15) is 37.3 Å². The van der Waals surface area contributed by atoms with Gasteiger partial charge in [-0.2, -0.15) is 0 Å². The molecule has 0 aliphatic heterocycles. The molecule has 0 amide bonds. The molecule has 0 atom stereocenters. The van der Waals surface area contributed by atoms with Crippen molar-refractivity contribution in [2.24, 2.45) is 5.16 Å². The highest BCUT2D eigenvalue weighted by Gasteiger charge is 2.14. The molecule has 0 spiro atoms. The van der Waals surface area contributed by atoms with Gasteiger partial charge in [0.15, 0.2) is 5.71 Å². The number of ether oxygens (including phenoxy) is 1. The third-order valence-corrected chi connectivity index (χ3v) is 2.95. The first-order chi connectivity index (χ1) is 9.72. The fraction of sp³-hybridized carbons (Fsp3) is 0.375. The summed E-state index contributed by atoms with van der Waals surface area (Å²) in [5.41, 5.74) is 2.11. The van der Waals surface area contributed by atoms with Crippen LogP contribution in [0.15, 0.2) is 29.4 Å². The maximum atomic E-state index is 11.8. The molecule has 20 heavy (non-hydrogen) atoms. The zero-order valence-corrected chi connectivity index (χ0v) is 11.6. The standard InChI is InChI=1S/C16H19NO3/c1-3-5-6-11-15(17-19)16(18)20-12-14-10-8-7-9-13(14)4-2/h1,7-10,19H,4-6,11-12H2,2H3/b17-15+. The summed E-state index contributed by atoms with van der Waals surface area (Å²) < 4.78 is 5.17. The van der Waals surface area contributed by atoms with Gasteiger partial charge >= 0.3 is 5.97 Å². The number of benzene rings is 1. The molecule has 0 fully saturated rings. The molecule has 4 heteroatoms. The van der Waals surface area contributed by atoms with Crippen LogP contribution >= 0.6 is 0 Å². The van der Waals surface area contributed by atoms with E-state index in [1.54, 1.807) is 0 Å². The van der Waals surface area contributed by atoms with Crippen LogP contribution in [0.5, 0.6) is 0 Å². The maximum Gasteiger partial charge on any atom is 0.356 e. The molecular formula is C16H19NO3. The van der Waals surface area contributed by atoms with E-state index in [2.05, 4.69) is 11.1 Å². The first-order valence-electron chi connectivity index (χ1n) is 6.61. The minimum absolute atomic E-state index is 0.00855. The number of aryl methyl sites for hydroxylation is 1. The van der Waals surface area contributed by atoms with Gasteiger partial charge in [0.25, 0.3) is 0 Å². The SMILES string of the molecule is C#CCCC/C(=N\O)C(=O)OCc1ccccc1CC. The quantitative estimate of drug-likeness (QED) is 0.207. The lowest BCUT2D eigenvalue weighted by atomic mass is 10.1. The van der Waals surface area contributed by atoms with Gasteiger partial charge in [0.05, 0.1) is 0 Å². The monoisotopic (exact) mass is 273 g/mol. The topological polar surface area (TPSA) is 58.9 Å². The molecule has 0 saturated heterocycles. The molecule has 0 heterocycles. The zero-order valence-electron chi connectivity index (χ0n) is 11.6. The summed E-state index contributed by atoms with van der Waals surface area (Å²) >= 11 is 0. The lowest BCUT2D eigenvalue weighted by Gasteiger charge is -2.09. The molecule has 1 aromatic carbocycles. The Bertz CT molecular complexity index is 515. The molecule has 1 aromatic rings. The predicted octanol–water partition coefficient (Wildman–Crippen LogP) is 2.93. The summed E-state index contributed by atoms with van der Waals surface area (Å²) in [4.78, 5) is 11.8. The van der Waals surface area contributed by atoms with E-state index in [0.29, 0.717) is 19.3 Å². The summed E-state index contributed by atoms with van der Waals surface area (Å²) in [5, 5.41) is 11.8. The van der Waals surface area contributed by atoms with Crippen LogP contribution < -0.4 is 0 Å². The average molecular weight is 273 g/mol. The molecule has 0 unspecified atom stereocenters. The third-order valence-electron chi connectivity index (χ3n) is 2.95. The van der Waals surface area contributed by atoms with Gasteiger partial charge in [-0.25, -0.2) is 4.79 Å². The number of nitrogens with zero attached hydrogens (tertiary/aromatic N) is 1. The number of oxime groups is 1. The molecular weight excluding hydrogens is 254 g/mol. The van der Waals surface area contributed by atoms with Gasteiger partial charge in [0.2, 0.25) is 0 Å². The number of esters is 1. The fourth-order valence-corrected chi connectivity index (χ4v) is 1.82. The second-order valence-corrected chi connectivity index (χ2v) is 4.30. The van der Waals surface area contributed by atoms with Crippen molar-refractivity contribution in [3.63, 3.8) is 0 Å². The Hall–Kier alpha value is -2.28. The molecule has 106 valence electrons. The van der Waals surface area contributed by atoms with Crippen LogP contribution in [0.2, 0.25) is 0 Å².